The van der Waals surface area contributed by atoms with Crippen LogP contribution in [0.1, 0.15) is 13.3 Å². The predicted octanol–water partition coefficient (Wildman–Crippen LogP) is 0.768. The van der Waals surface area contributed by atoms with E-state index in [9.17, 15) is 8.42 Å². The lowest BCUT2D eigenvalue weighted by atomic mass is 10.1. The topological polar surface area (TPSA) is 75.4 Å². The number of anilines is 1. The van der Waals surface area contributed by atoms with E-state index in [1.807, 2.05) is 12.1 Å². The largest absolute Gasteiger partial charge is 0.368 e. The van der Waals surface area contributed by atoms with Crippen molar-refractivity contribution in [1.82, 2.24) is 4.72 Å². The lowest BCUT2D eigenvalue weighted by molar-refractivity contribution is 0.579. The van der Waals surface area contributed by atoms with E-state index in [2.05, 4.69) is 16.5 Å². The molecule has 1 heterocycles. The molecule has 0 bridgehead atoms. The van der Waals surface area contributed by atoms with Crippen LogP contribution in [0, 0.1) is 5.92 Å². The van der Waals surface area contributed by atoms with Gasteiger partial charge < -0.3 is 10.6 Å². The molecular formula is C13H21N3O2S. The molecule has 2 rings (SSSR count). The first kappa shape index (κ1) is 14.3. The van der Waals surface area contributed by atoms with E-state index >= 15 is 0 Å². The van der Waals surface area contributed by atoms with Gasteiger partial charge in [0.15, 0.2) is 0 Å². The molecule has 1 aliphatic heterocycles. The van der Waals surface area contributed by atoms with Crippen LogP contribution in [0.15, 0.2) is 29.2 Å². The van der Waals surface area contributed by atoms with E-state index in [0.29, 0.717) is 23.4 Å². The summed E-state index contributed by atoms with van der Waals surface area (Å²) in [5, 5.41) is 0. The minimum Gasteiger partial charge on any atom is -0.368 e. The zero-order valence-corrected chi connectivity index (χ0v) is 12.2. The average Bonchev–Trinajstić information content (AvgIpc) is 2.80. The van der Waals surface area contributed by atoms with Gasteiger partial charge in [-0.15, -0.1) is 0 Å². The molecule has 106 valence electrons. The third kappa shape index (κ3) is 2.91. The van der Waals surface area contributed by atoms with Crippen molar-refractivity contribution in [3.63, 3.8) is 0 Å². The third-order valence-corrected chi connectivity index (χ3v) is 5.17. The first-order chi connectivity index (χ1) is 8.97. The van der Waals surface area contributed by atoms with E-state index < -0.39 is 10.0 Å². The first-order valence-electron chi connectivity index (χ1n) is 6.48. The average molecular weight is 283 g/mol. The monoisotopic (exact) mass is 283 g/mol. The van der Waals surface area contributed by atoms with Crippen LogP contribution in [0.2, 0.25) is 0 Å². The molecule has 0 radical (unpaired) electrons. The van der Waals surface area contributed by atoms with Crippen molar-refractivity contribution in [2.24, 2.45) is 11.7 Å². The molecule has 1 saturated heterocycles. The summed E-state index contributed by atoms with van der Waals surface area (Å²) < 4.78 is 25.6. The number of nitrogens with one attached hydrogen (secondary N) is 1. The Morgan fingerprint density at radius 1 is 1.37 bits per heavy atom. The summed E-state index contributed by atoms with van der Waals surface area (Å²) in [5.74, 6) is 0.524. The van der Waals surface area contributed by atoms with E-state index in [1.54, 1.807) is 12.1 Å². The zero-order chi connectivity index (χ0) is 14.0. The molecule has 0 saturated carbocycles. The molecule has 1 aliphatic rings. The van der Waals surface area contributed by atoms with Gasteiger partial charge in [0.25, 0.3) is 0 Å². The highest BCUT2D eigenvalue weighted by atomic mass is 32.2. The summed E-state index contributed by atoms with van der Waals surface area (Å²) in [6.07, 6.45) is 1.09. The fourth-order valence-corrected chi connectivity index (χ4v) is 3.34. The van der Waals surface area contributed by atoms with Crippen LogP contribution in [-0.2, 0) is 10.0 Å². The summed E-state index contributed by atoms with van der Waals surface area (Å²) in [6, 6.07) is 7.45. The number of sulfonamides is 1. The summed E-state index contributed by atoms with van der Waals surface area (Å²) >= 11 is 0. The van der Waals surface area contributed by atoms with Crippen molar-refractivity contribution in [2.45, 2.75) is 24.3 Å². The van der Waals surface area contributed by atoms with Crippen LogP contribution in [0.5, 0.6) is 0 Å². The molecule has 2 unspecified atom stereocenters. The van der Waals surface area contributed by atoms with Crippen molar-refractivity contribution in [2.75, 3.05) is 25.0 Å². The molecule has 0 spiro atoms. The number of hydrogen-bond donors (Lipinski definition) is 2. The lowest BCUT2D eigenvalue weighted by Crippen LogP contribution is -2.27. The number of hydrogen-bond acceptors (Lipinski definition) is 4. The second-order valence-electron chi connectivity index (χ2n) is 5.04. The molecule has 6 heteroatoms. The van der Waals surface area contributed by atoms with Gasteiger partial charge in [-0.3, -0.25) is 0 Å². The molecule has 5 nitrogen and oxygen atoms in total. The Morgan fingerprint density at radius 2 is 2.00 bits per heavy atom. The van der Waals surface area contributed by atoms with Gasteiger partial charge in [-0.2, -0.15) is 0 Å². The molecule has 1 fully saturated rings. The van der Waals surface area contributed by atoms with Crippen molar-refractivity contribution in [3.05, 3.63) is 24.3 Å². The maximum atomic E-state index is 11.7. The smallest absolute Gasteiger partial charge is 0.240 e. The van der Waals surface area contributed by atoms with Gasteiger partial charge in [0.2, 0.25) is 10.0 Å². The number of benzene rings is 1. The predicted molar refractivity (Wildman–Crippen MR) is 76.7 cm³/mol. The zero-order valence-electron chi connectivity index (χ0n) is 11.3. The highest BCUT2D eigenvalue weighted by molar-refractivity contribution is 7.89. The van der Waals surface area contributed by atoms with Crippen LogP contribution < -0.4 is 15.4 Å². The molecule has 3 N–H and O–H groups in total. The quantitative estimate of drug-likeness (QED) is 0.856. The summed E-state index contributed by atoms with van der Waals surface area (Å²) in [5.41, 5.74) is 6.78. The normalized spacial score (nSPS) is 23.8. The van der Waals surface area contributed by atoms with Gasteiger partial charge in [-0.05, 0) is 57.1 Å². The molecule has 0 aromatic heterocycles. The Labute approximate surface area is 114 Å². The van der Waals surface area contributed by atoms with Gasteiger partial charge in [-0.25, -0.2) is 13.1 Å². The van der Waals surface area contributed by atoms with E-state index in [0.717, 1.165) is 18.7 Å². The van der Waals surface area contributed by atoms with Gasteiger partial charge in [0.1, 0.15) is 0 Å². The summed E-state index contributed by atoms with van der Waals surface area (Å²) in [6.45, 7) is 3.82. The van der Waals surface area contributed by atoms with E-state index in [4.69, 9.17) is 5.73 Å². The second kappa shape index (κ2) is 5.48. The van der Waals surface area contributed by atoms with Crippen molar-refractivity contribution in [1.29, 1.82) is 0 Å². The fraction of sp³-hybridized carbons (Fsp3) is 0.538. The molecule has 0 amide bonds. The Morgan fingerprint density at radius 3 is 2.47 bits per heavy atom. The first-order valence-corrected chi connectivity index (χ1v) is 7.96. The highest BCUT2D eigenvalue weighted by Crippen LogP contribution is 2.29. The van der Waals surface area contributed by atoms with Crippen molar-refractivity contribution < 1.29 is 8.42 Å². The van der Waals surface area contributed by atoms with Crippen LogP contribution >= 0.6 is 0 Å². The Kier molecular flexibility index (Phi) is 4.13. The van der Waals surface area contributed by atoms with Crippen LogP contribution in [0.4, 0.5) is 5.69 Å². The Bertz CT molecular complexity index is 527. The van der Waals surface area contributed by atoms with Gasteiger partial charge >= 0.3 is 0 Å². The SMILES string of the molecule is CNS(=O)(=O)c1ccc(N2CC(CN)CC2C)cc1. The second-order valence-corrected chi connectivity index (χ2v) is 6.93. The molecular weight excluding hydrogens is 262 g/mol. The molecule has 19 heavy (non-hydrogen) atoms. The van der Waals surface area contributed by atoms with Crippen LogP contribution in [0.25, 0.3) is 0 Å². The van der Waals surface area contributed by atoms with E-state index in [1.165, 1.54) is 7.05 Å². The lowest BCUT2D eigenvalue weighted by Gasteiger charge is -2.24. The maximum Gasteiger partial charge on any atom is 0.240 e. The van der Waals surface area contributed by atoms with E-state index in [-0.39, 0.29) is 0 Å². The maximum absolute atomic E-state index is 11.7. The van der Waals surface area contributed by atoms with Crippen LogP contribution in [-0.4, -0.2) is 34.6 Å². The fourth-order valence-electron chi connectivity index (χ4n) is 2.61. The molecule has 2 atom stereocenters. The Hall–Kier alpha value is -1.11. The third-order valence-electron chi connectivity index (χ3n) is 3.74. The molecule has 1 aromatic rings. The minimum absolute atomic E-state index is 0.293. The Balaban J connectivity index is 2.20. The highest BCUT2D eigenvalue weighted by Gasteiger charge is 2.28. The van der Waals surface area contributed by atoms with Gasteiger partial charge in [0, 0.05) is 18.3 Å². The summed E-state index contributed by atoms with van der Waals surface area (Å²) in [4.78, 5) is 2.58. The van der Waals surface area contributed by atoms with Crippen LogP contribution in [0.3, 0.4) is 0 Å². The van der Waals surface area contributed by atoms with Crippen molar-refractivity contribution in [3.8, 4) is 0 Å². The van der Waals surface area contributed by atoms with Gasteiger partial charge in [0.05, 0.1) is 4.90 Å². The molecule has 1 aromatic carbocycles. The molecule has 0 aliphatic carbocycles. The van der Waals surface area contributed by atoms with Crippen molar-refractivity contribution >= 4 is 15.7 Å². The summed E-state index contributed by atoms with van der Waals surface area (Å²) in [7, 11) is -1.94. The standard InChI is InChI=1S/C13H21N3O2S/c1-10-7-11(8-14)9-16(10)12-3-5-13(6-4-12)19(17,18)15-2/h3-6,10-11,15H,7-9,14H2,1-2H3. The van der Waals surface area contributed by atoms with Gasteiger partial charge in [-0.1, -0.05) is 0 Å². The number of rotatable bonds is 4. The number of nitrogens with zero attached hydrogens (tertiary/aromatic N) is 1. The minimum atomic E-state index is -3.36. The number of nitrogens with two attached hydrogens (primary N) is 1.